The molecule has 1 aromatic heterocycles. The molecule has 57 heavy (non-hydrogen) atoms. The van der Waals surface area contributed by atoms with Crippen molar-refractivity contribution in [3.8, 4) is 78.5 Å². The van der Waals surface area contributed by atoms with E-state index in [2.05, 4.69) is 218 Å². The lowest BCUT2D eigenvalue weighted by molar-refractivity contribution is 1.13. The Morgan fingerprint density at radius 3 is 1.33 bits per heavy atom. The summed E-state index contributed by atoms with van der Waals surface area (Å²) < 4.78 is 2.35. The van der Waals surface area contributed by atoms with E-state index in [1.807, 2.05) is 12.1 Å². The van der Waals surface area contributed by atoms with E-state index in [-0.39, 0.29) is 0 Å². The van der Waals surface area contributed by atoms with Crippen molar-refractivity contribution in [1.29, 1.82) is 5.26 Å². The van der Waals surface area contributed by atoms with Gasteiger partial charge in [0.05, 0.1) is 25.2 Å². The van der Waals surface area contributed by atoms with E-state index in [9.17, 15) is 5.26 Å². The van der Waals surface area contributed by atoms with Crippen LogP contribution >= 0.6 is 0 Å². The van der Waals surface area contributed by atoms with E-state index in [1.54, 1.807) is 0 Å². The SMILES string of the molecule is C[Si](C)(C)c1ccc(-c2cc(-c3ccc(C#N)cc3)cc(-n3cc(-c4ccc(-c5ccccc5)cc4)c4cc(-c5ccc(-c6ccccc6)cc5)ccc43)c2)cc1. The van der Waals surface area contributed by atoms with Gasteiger partial charge in [0.15, 0.2) is 0 Å². The molecule has 272 valence electrons. The summed E-state index contributed by atoms with van der Waals surface area (Å²) in [5, 5.41) is 12.2. The minimum Gasteiger partial charge on any atom is -0.316 e. The molecular weight excluding hydrogens is 705 g/mol. The zero-order valence-electron chi connectivity index (χ0n) is 32.4. The standard InChI is InChI=1S/C54H42N2Si/c1-57(2,3)51-29-26-45(27-30-51)49-32-48(44-16-14-38(36-55)15-17-44)33-50(34-49)56-37-53(46-24-22-42(23-25-46)40-12-8-5-9-13-40)52-35-47(28-31-54(52)56)43-20-18-41(19-21-43)39-10-6-4-7-11-39/h4-35,37H,1-3H3. The Bertz CT molecular complexity index is 2870. The summed E-state index contributed by atoms with van der Waals surface area (Å²) in [7, 11) is -1.45. The molecule has 0 saturated heterocycles. The highest BCUT2D eigenvalue weighted by atomic mass is 28.3. The molecule has 0 spiro atoms. The van der Waals surface area contributed by atoms with Crippen molar-refractivity contribution in [3.63, 3.8) is 0 Å². The Balaban J connectivity index is 1.21. The second kappa shape index (κ2) is 14.9. The van der Waals surface area contributed by atoms with Crippen molar-refractivity contribution in [2.45, 2.75) is 19.6 Å². The summed E-state index contributed by atoms with van der Waals surface area (Å²) in [5.74, 6) is 0. The van der Waals surface area contributed by atoms with Gasteiger partial charge in [-0.3, -0.25) is 0 Å². The van der Waals surface area contributed by atoms with Crippen molar-refractivity contribution in [2.75, 3.05) is 0 Å². The third-order valence-electron chi connectivity index (χ3n) is 11.1. The van der Waals surface area contributed by atoms with E-state index in [1.165, 1.54) is 60.6 Å². The van der Waals surface area contributed by atoms with Crippen LogP contribution in [0.4, 0.5) is 0 Å². The first kappa shape index (κ1) is 35.7. The molecule has 0 N–H and O–H groups in total. The molecule has 0 atom stereocenters. The molecule has 3 heteroatoms. The molecule has 0 amide bonds. The van der Waals surface area contributed by atoms with Gasteiger partial charge in [-0.05, 0) is 104 Å². The number of hydrogen-bond acceptors (Lipinski definition) is 1. The van der Waals surface area contributed by atoms with Gasteiger partial charge in [-0.2, -0.15) is 5.26 Å². The number of fused-ring (bicyclic) bond motifs is 1. The molecule has 8 aromatic carbocycles. The van der Waals surface area contributed by atoms with Crippen LogP contribution in [0.5, 0.6) is 0 Å². The number of rotatable bonds is 8. The minimum absolute atomic E-state index is 0.655. The molecule has 0 saturated carbocycles. The predicted octanol–water partition coefficient (Wildman–Crippen LogP) is 14.0. The third kappa shape index (κ3) is 7.27. The van der Waals surface area contributed by atoms with Crippen LogP contribution in [0.15, 0.2) is 200 Å². The van der Waals surface area contributed by atoms with Gasteiger partial charge in [0, 0.05) is 22.8 Å². The maximum absolute atomic E-state index is 9.54. The van der Waals surface area contributed by atoms with Gasteiger partial charge in [0.2, 0.25) is 0 Å². The van der Waals surface area contributed by atoms with Crippen molar-refractivity contribution >= 4 is 24.2 Å². The van der Waals surface area contributed by atoms with Gasteiger partial charge >= 0.3 is 0 Å². The van der Waals surface area contributed by atoms with Crippen LogP contribution < -0.4 is 5.19 Å². The molecule has 0 aliphatic rings. The maximum Gasteiger partial charge on any atom is 0.0991 e. The van der Waals surface area contributed by atoms with Gasteiger partial charge in [-0.25, -0.2) is 0 Å². The molecule has 2 nitrogen and oxygen atoms in total. The number of benzene rings is 8. The highest BCUT2D eigenvalue weighted by Gasteiger charge is 2.18. The highest BCUT2D eigenvalue weighted by molar-refractivity contribution is 6.88. The maximum atomic E-state index is 9.54. The molecule has 0 aliphatic carbocycles. The molecule has 0 bridgehead atoms. The van der Waals surface area contributed by atoms with Crippen molar-refractivity contribution in [2.24, 2.45) is 0 Å². The molecule has 9 rings (SSSR count). The summed E-state index contributed by atoms with van der Waals surface area (Å²) >= 11 is 0. The van der Waals surface area contributed by atoms with Gasteiger partial charge in [0.25, 0.3) is 0 Å². The van der Waals surface area contributed by atoms with E-state index in [0.717, 1.165) is 27.9 Å². The van der Waals surface area contributed by atoms with E-state index in [0.29, 0.717) is 5.56 Å². The number of hydrogen-bond donors (Lipinski definition) is 0. The number of nitriles is 1. The van der Waals surface area contributed by atoms with Crippen LogP contribution in [-0.2, 0) is 0 Å². The van der Waals surface area contributed by atoms with Crippen molar-refractivity contribution in [1.82, 2.24) is 4.57 Å². The minimum atomic E-state index is -1.45. The molecule has 0 aliphatic heterocycles. The molecule has 0 unspecified atom stereocenters. The van der Waals surface area contributed by atoms with Crippen LogP contribution in [0.25, 0.3) is 83.4 Å². The Labute approximate surface area is 336 Å². The van der Waals surface area contributed by atoms with E-state index in [4.69, 9.17) is 0 Å². The predicted molar refractivity (Wildman–Crippen MR) is 244 cm³/mol. The number of nitrogens with zero attached hydrogens (tertiary/aromatic N) is 2. The van der Waals surface area contributed by atoms with Gasteiger partial charge < -0.3 is 4.57 Å². The summed E-state index contributed by atoms with van der Waals surface area (Å²) in [6.07, 6.45) is 2.31. The largest absolute Gasteiger partial charge is 0.316 e. The Morgan fingerprint density at radius 2 is 0.825 bits per heavy atom. The molecular formula is C54H42N2Si. The second-order valence-corrected chi connectivity index (χ2v) is 20.9. The highest BCUT2D eigenvalue weighted by Crippen LogP contribution is 2.39. The van der Waals surface area contributed by atoms with Gasteiger partial charge in [0.1, 0.15) is 0 Å². The molecule has 9 aromatic rings. The number of aromatic nitrogens is 1. The lowest BCUT2D eigenvalue weighted by Crippen LogP contribution is -2.37. The lowest BCUT2D eigenvalue weighted by Gasteiger charge is -2.17. The van der Waals surface area contributed by atoms with Gasteiger partial charge in [-0.15, -0.1) is 0 Å². The summed E-state index contributed by atoms with van der Waals surface area (Å²) in [4.78, 5) is 0. The lowest BCUT2D eigenvalue weighted by atomic mass is 9.97. The molecule has 1 heterocycles. The Kier molecular flexibility index (Phi) is 9.34. The molecule has 0 radical (unpaired) electrons. The average Bonchev–Trinajstić information content (AvgIpc) is 3.66. The fraction of sp³-hybridized carbons (Fsp3) is 0.0556. The fourth-order valence-corrected chi connectivity index (χ4v) is 8.96. The smallest absolute Gasteiger partial charge is 0.0991 e. The van der Waals surface area contributed by atoms with Crippen LogP contribution in [0, 0.1) is 11.3 Å². The first-order valence-corrected chi connectivity index (χ1v) is 23.0. The fourth-order valence-electron chi connectivity index (χ4n) is 7.80. The summed E-state index contributed by atoms with van der Waals surface area (Å²) in [6.45, 7) is 7.17. The zero-order chi connectivity index (χ0) is 38.9. The normalized spacial score (nSPS) is 11.4. The van der Waals surface area contributed by atoms with Crippen molar-refractivity contribution in [3.05, 3.63) is 206 Å². The first-order valence-electron chi connectivity index (χ1n) is 19.5. The third-order valence-corrected chi connectivity index (χ3v) is 13.1. The monoisotopic (exact) mass is 746 g/mol. The van der Waals surface area contributed by atoms with Crippen LogP contribution in [0.2, 0.25) is 19.6 Å². The van der Waals surface area contributed by atoms with Crippen LogP contribution in [-0.4, -0.2) is 12.6 Å². The van der Waals surface area contributed by atoms with Crippen LogP contribution in [0.1, 0.15) is 5.56 Å². The van der Waals surface area contributed by atoms with Gasteiger partial charge in [-0.1, -0.05) is 176 Å². The topological polar surface area (TPSA) is 28.7 Å². The first-order chi connectivity index (χ1) is 27.8. The van der Waals surface area contributed by atoms with E-state index < -0.39 is 8.07 Å². The van der Waals surface area contributed by atoms with E-state index >= 15 is 0 Å². The Hall–Kier alpha value is -6.99. The summed E-state index contributed by atoms with van der Waals surface area (Å²) in [6, 6.07) is 72.1. The zero-order valence-corrected chi connectivity index (χ0v) is 33.4. The summed E-state index contributed by atoms with van der Waals surface area (Å²) in [5.41, 5.74) is 16.9. The van der Waals surface area contributed by atoms with Crippen molar-refractivity contribution < 1.29 is 0 Å². The Morgan fingerprint density at radius 1 is 0.404 bits per heavy atom. The molecule has 0 fully saturated rings. The van der Waals surface area contributed by atoms with Crippen LogP contribution in [0.3, 0.4) is 0 Å². The average molecular weight is 747 g/mol. The quantitative estimate of drug-likeness (QED) is 0.142. The second-order valence-electron chi connectivity index (χ2n) is 15.8.